The van der Waals surface area contributed by atoms with Gasteiger partial charge in [0, 0.05) is 18.0 Å². The molecule has 2 aliphatic rings. The molecule has 7 heteroatoms. The van der Waals surface area contributed by atoms with E-state index in [9.17, 15) is 13.2 Å². The van der Waals surface area contributed by atoms with Gasteiger partial charge in [0.15, 0.2) is 0 Å². The van der Waals surface area contributed by atoms with Gasteiger partial charge in [0.2, 0.25) is 10.0 Å². The number of benzene rings is 1. The minimum atomic E-state index is -3.60. The number of aryl methyl sites for hydroxylation is 2. The van der Waals surface area contributed by atoms with E-state index >= 15 is 0 Å². The third-order valence-electron chi connectivity index (χ3n) is 6.48. The van der Waals surface area contributed by atoms with Crippen molar-refractivity contribution in [2.75, 3.05) is 6.54 Å². The zero-order chi connectivity index (χ0) is 21.2. The molecule has 1 aromatic carbocycles. The van der Waals surface area contributed by atoms with Crippen molar-refractivity contribution in [2.45, 2.75) is 57.3 Å². The predicted molar refractivity (Wildman–Crippen MR) is 115 cm³/mol. The zero-order valence-corrected chi connectivity index (χ0v) is 18.6. The smallest absolute Gasteiger partial charge is 0.303 e. The second kappa shape index (κ2) is 9.19. The van der Waals surface area contributed by atoms with Crippen LogP contribution in [-0.2, 0) is 14.8 Å². The number of rotatable bonds is 9. The molecule has 2 fully saturated rings. The van der Waals surface area contributed by atoms with Gasteiger partial charge in [-0.3, -0.25) is 4.79 Å². The van der Waals surface area contributed by atoms with E-state index in [1.807, 2.05) is 0 Å². The van der Waals surface area contributed by atoms with Crippen molar-refractivity contribution in [1.82, 2.24) is 4.72 Å². The number of carboxylic acids is 1. The molecule has 0 saturated heterocycles. The van der Waals surface area contributed by atoms with Crippen molar-refractivity contribution in [3.63, 3.8) is 0 Å². The first kappa shape index (κ1) is 22.3. The molecule has 2 saturated carbocycles. The third-order valence-corrected chi connectivity index (χ3v) is 8.43. The summed E-state index contributed by atoms with van der Waals surface area (Å²) in [6.45, 7) is 3.98. The van der Waals surface area contributed by atoms with Crippen molar-refractivity contribution in [3.8, 4) is 0 Å². The van der Waals surface area contributed by atoms with E-state index in [2.05, 4.69) is 16.9 Å². The number of carbonyl (C=O) groups is 1. The summed E-state index contributed by atoms with van der Waals surface area (Å²) in [5, 5.41) is 9.29. The zero-order valence-electron chi connectivity index (χ0n) is 17.0. The highest BCUT2D eigenvalue weighted by molar-refractivity contribution is 7.89. The van der Waals surface area contributed by atoms with Crippen LogP contribution in [-0.4, -0.2) is 26.0 Å². The molecule has 0 heterocycles. The largest absolute Gasteiger partial charge is 0.481 e. The lowest BCUT2D eigenvalue weighted by molar-refractivity contribution is -0.137. The number of aliphatic carboxylic acids is 1. The Morgan fingerprint density at radius 3 is 2.55 bits per heavy atom. The minimum Gasteiger partial charge on any atom is -0.481 e. The number of fused-ring (bicyclic) bond motifs is 2. The van der Waals surface area contributed by atoms with Gasteiger partial charge < -0.3 is 5.11 Å². The fourth-order valence-corrected chi connectivity index (χ4v) is 7.13. The molecule has 160 valence electrons. The Hall–Kier alpha value is -1.37. The summed E-state index contributed by atoms with van der Waals surface area (Å²) in [6, 6.07) is 3.37. The van der Waals surface area contributed by atoms with Crippen molar-refractivity contribution in [3.05, 3.63) is 40.4 Å². The summed E-state index contributed by atoms with van der Waals surface area (Å²) in [5.74, 6) is 1.08. The Kier molecular flexibility index (Phi) is 7.07. The molecule has 4 unspecified atom stereocenters. The number of hydrogen-bond acceptors (Lipinski definition) is 3. The van der Waals surface area contributed by atoms with Crippen LogP contribution in [0.2, 0.25) is 5.02 Å². The minimum absolute atomic E-state index is 0.185. The Morgan fingerprint density at radius 2 is 1.90 bits per heavy atom. The number of halogens is 1. The van der Waals surface area contributed by atoms with E-state index in [0.29, 0.717) is 57.7 Å². The first-order valence-corrected chi connectivity index (χ1v) is 12.2. The Labute approximate surface area is 178 Å². The lowest BCUT2D eigenvalue weighted by Gasteiger charge is -2.29. The maximum atomic E-state index is 13.0. The number of carboxylic acid groups (broad SMARTS) is 1. The predicted octanol–water partition coefficient (Wildman–Crippen LogP) is 4.71. The average molecular weight is 440 g/mol. The van der Waals surface area contributed by atoms with Crippen LogP contribution in [0, 0.1) is 37.5 Å². The SMILES string of the molecule is Cc1cc(Cl)cc(C)c1S(=O)(=O)NCC1C2CCC(C2)C1/C=C\CCCC(=O)O. The molecule has 2 bridgehead atoms. The molecular formula is C22H30ClNO4S. The fourth-order valence-electron chi connectivity index (χ4n) is 5.28. The van der Waals surface area contributed by atoms with Crippen LogP contribution < -0.4 is 4.72 Å². The number of sulfonamides is 1. The second-order valence-electron chi connectivity index (χ2n) is 8.51. The molecule has 2 N–H and O–H groups in total. The van der Waals surface area contributed by atoms with E-state index in [-0.39, 0.29) is 6.42 Å². The average Bonchev–Trinajstić information content (AvgIpc) is 3.20. The van der Waals surface area contributed by atoms with Crippen LogP contribution >= 0.6 is 11.6 Å². The van der Waals surface area contributed by atoms with Gasteiger partial charge in [-0.05, 0) is 92.9 Å². The van der Waals surface area contributed by atoms with Gasteiger partial charge in [0.1, 0.15) is 0 Å². The van der Waals surface area contributed by atoms with Crippen LogP contribution in [0.1, 0.15) is 49.7 Å². The quantitative estimate of drug-likeness (QED) is 0.431. The molecule has 0 amide bonds. The number of hydrogen-bond donors (Lipinski definition) is 2. The first-order valence-electron chi connectivity index (χ1n) is 10.3. The topological polar surface area (TPSA) is 83.5 Å². The van der Waals surface area contributed by atoms with E-state index < -0.39 is 16.0 Å². The van der Waals surface area contributed by atoms with E-state index in [1.165, 1.54) is 12.8 Å². The van der Waals surface area contributed by atoms with Crippen LogP contribution in [0.25, 0.3) is 0 Å². The van der Waals surface area contributed by atoms with Gasteiger partial charge in [-0.25, -0.2) is 13.1 Å². The summed E-state index contributed by atoms with van der Waals surface area (Å²) < 4.78 is 28.8. The third kappa shape index (κ3) is 5.22. The monoisotopic (exact) mass is 439 g/mol. The molecule has 2 aliphatic carbocycles. The van der Waals surface area contributed by atoms with Gasteiger partial charge in [-0.15, -0.1) is 0 Å². The van der Waals surface area contributed by atoms with Gasteiger partial charge >= 0.3 is 5.97 Å². The molecule has 0 aliphatic heterocycles. The van der Waals surface area contributed by atoms with E-state index in [0.717, 1.165) is 12.8 Å². The maximum Gasteiger partial charge on any atom is 0.303 e. The Balaban J connectivity index is 1.67. The highest BCUT2D eigenvalue weighted by Gasteiger charge is 2.46. The van der Waals surface area contributed by atoms with E-state index in [4.69, 9.17) is 16.7 Å². The van der Waals surface area contributed by atoms with Crippen molar-refractivity contribution in [1.29, 1.82) is 0 Å². The molecule has 0 aromatic heterocycles. The van der Waals surface area contributed by atoms with Crippen molar-refractivity contribution < 1.29 is 18.3 Å². The molecule has 4 atom stereocenters. The molecular weight excluding hydrogens is 410 g/mol. The van der Waals surface area contributed by atoms with Gasteiger partial charge in [-0.2, -0.15) is 0 Å². The second-order valence-corrected chi connectivity index (χ2v) is 10.6. The van der Waals surface area contributed by atoms with E-state index in [1.54, 1.807) is 26.0 Å². The van der Waals surface area contributed by atoms with Gasteiger partial charge in [0.05, 0.1) is 4.90 Å². The van der Waals surface area contributed by atoms with Crippen molar-refractivity contribution >= 4 is 27.6 Å². The summed E-state index contributed by atoms with van der Waals surface area (Å²) in [5.41, 5.74) is 1.32. The molecule has 29 heavy (non-hydrogen) atoms. The van der Waals surface area contributed by atoms with Gasteiger partial charge in [-0.1, -0.05) is 23.8 Å². The lowest BCUT2D eigenvalue weighted by atomic mass is 9.79. The summed E-state index contributed by atoms with van der Waals surface area (Å²) in [6.07, 6.45) is 9.40. The molecule has 0 spiro atoms. The van der Waals surface area contributed by atoms with Crippen LogP contribution in [0.4, 0.5) is 0 Å². The summed E-state index contributed by atoms with van der Waals surface area (Å²) in [4.78, 5) is 11.0. The number of nitrogens with one attached hydrogen (secondary N) is 1. The maximum absolute atomic E-state index is 13.0. The first-order chi connectivity index (χ1) is 13.7. The highest BCUT2D eigenvalue weighted by Crippen LogP contribution is 2.52. The number of unbranched alkanes of at least 4 members (excludes halogenated alkanes) is 1. The van der Waals surface area contributed by atoms with Crippen LogP contribution in [0.15, 0.2) is 29.2 Å². The summed E-state index contributed by atoms with van der Waals surface area (Å²) >= 11 is 6.05. The normalized spacial score (nSPS) is 26.4. The van der Waals surface area contributed by atoms with Gasteiger partial charge in [0.25, 0.3) is 0 Å². The standard InChI is InChI=1S/C22H30ClNO4S/c1-14-10-18(23)11-15(2)22(14)29(27,28)24-13-20-17-9-8-16(12-17)19(20)6-4-3-5-7-21(25)26/h4,6,10-11,16-17,19-20,24H,3,5,7-9,12-13H2,1-2H3,(H,25,26)/b6-4-. The Bertz CT molecular complexity index is 873. The van der Waals surface area contributed by atoms with Crippen LogP contribution in [0.5, 0.6) is 0 Å². The van der Waals surface area contributed by atoms with Crippen LogP contribution in [0.3, 0.4) is 0 Å². The number of allylic oxidation sites excluding steroid dienone is 2. The summed E-state index contributed by atoms with van der Waals surface area (Å²) in [7, 11) is -3.60. The fraction of sp³-hybridized carbons (Fsp3) is 0.591. The lowest BCUT2D eigenvalue weighted by Crippen LogP contribution is -2.35. The highest BCUT2D eigenvalue weighted by atomic mass is 35.5. The molecule has 3 rings (SSSR count). The van der Waals surface area contributed by atoms with Crippen molar-refractivity contribution in [2.24, 2.45) is 23.7 Å². The molecule has 1 aromatic rings. The molecule has 5 nitrogen and oxygen atoms in total. The molecule has 0 radical (unpaired) electrons. The Morgan fingerprint density at radius 1 is 1.24 bits per heavy atom.